The van der Waals surface area contributed by atoms with Crippen molar-refractivity contribution in [2.24, 2.45) is 0 Å². The highest BCUT2D eigenvalue weighted by Crippen LogP contribution is 2.11. The van der Waals surface area contributed by atoms with Crippen LogP contribution in [0.4, 0.5) is 0 Å². The summed E-state index contributed by atoms with van der Waals surface area (Å²) in [5.41, 5.74) is 1.19. The van der Waals surface area contributed by atoms with Gasteiger partial charge in [-0.05, 0) is 13.1 Å². The van der Waals surface area contributed by atoms with Gasteiger partial charge < -0.3 is 14.3 Å². The first-order valence-electron chi connectivity index (χ1n) is 4.55. The van der Waals surface area contributed by atoms with Crippen LogP contribution in [0.15, 0.2) is 35.5 Å². The summed E-state index contributed by atoms with van der Waals surface area (Å²) in [5, 5.41) is 3.07. The smallest absolute Gasteiger partial charge is 0.122 e. The average molecular weight is 191 g/mol. The number of hydrogen-bond acceptors (Lipinski definition) is 3. The molecule has 4 heteroatoms. The van der Waals surface area contributed by atoms with E-state index in [2.05, 4.69) is 10.3 Å². The summed E-state index contributed by atoms with van der Waals surface area (Å²) in [6.45, 7) is 1.57. The molecular weight excluding hydrogens is 178 g/mol. The molecule has 4 nitrogen and oxygen atoms in total. The highest BCUT2D eigenvalue weighted by molar-refractivity contribution is 5.17. The van der Waals surface area contributed by atoms with E-state index >= 15 is 0 Å². The van der Waals surface area contributed by atoms with Crippen molar-refractivity contribution >= 4 is 0 Å². The highest BCUT2D eigenvalue weighted by Gasteiger charge is 2.05. The second kappa shape index (κ2) is 4.11. The number of nitrogens with zero attached hydrogens (tertiary/aromatic N) is 2. The normalized spacial score (nSPS) is 10.6. The second-order valence-corrected chi connectivity index (χ2v) is 3.13. The summed E-state index contributed by atoms with van der Waals surface area (Å²) in [7, 11) is 1.91. The Labute approximate surface area is 82.6 Å². The fraction of sp³-hybridized carbons (Fsp3) is 0.300. The summed E-state index contributed by atoms with van der Waals surface area (Å²) >= 11 is 0. The molecule has 0 aliphatic rings. The molecule has 0 unspecified atom stereocenters. The molecule has 0 amide bonds. The molecule has 1 N–H and O–H groups in total. The van der Waals surface area contributed by atoms with Crippen molar-refractivity contribution in [2.75, 3.05) is 7.05 Å². The van der Waals surface area contributed by atoms with E-state index in [9.17, 15) is 0 Å². The molecule has 2 rings (SSSR count). The molecular formula is C10H13N3O. The van der Waals surface area contributed by atoms with Crippen LogP contribution in [-0.2, 0) is 13.1 Å². The zero-order chi connectivity index (χ0) is 9.80. The maximum atomic E-state index is 5.36. The molecule has 0 spiro atoms. The first kappa shape index (κ1) is 9.02. The highest BCUT2D eigenvalue weighted by atomic mass is 16.3. The van der Waals surface area contributed by atoms with Gasteiger partial charge in [-0.3, -0.25) is 0 Å². The lowest BCUT2D eigenvalue weighted by molar-refractivity contribution is 0.488. The lowest BCUT2D eigenvalue weighted by Crippen LogP contribution is -2.07. The van der Waals surface area contributed by atoms with E-state index in [1.54, 1.807) is 18.8 Å². The van der Waals surface area contributed by atoms with Gasteiger partial charge in [-0.2, -0.15) is 0 Å². The number of hydrogen-bond donors (Lipinski definition) is 1. The number of aromatic nitrogens is 2. The Kier molecular flexibility index (Phi) is 2.65. The van der Waals surface area contributed by atoms with E-state index < -0.39 is 0 Å². The topological polar surface area (TPSA) is 43.0 Å². The molecule has 0 fully saturated rings. The van der Waals surface area contributed by atoms with Gasteiger partial charge in [0.25, 0.3) is 0 Å². The lowest BCUT2D eigenvalue weighted by Gasteiger charge is -2.02. The number of rotatable bonds is 4. The fourth-order valence-electron chi connectivity index (χ4n) is 1.40. The average Bonchev–Trinajstić information content (AvgIpc) is 2.80. The van der Waals surface area contributed by atoms with Gasteiger partial charge in [-0.1, -0.05) is 0 Å². The van der Waals surface area contributed by atoms with E-state index in [1.165, 1.54) is 5.56 Å². The van der Waals surface area contributed by atoms with Crippen molar-refractivity contribution in [3.63, 3.8) is 0 Å². The molecule has 2 aromatic rings. The van der Waals surface area contributed by atoms with E-state index in [0.717, 1.165) is 18.8 Å². The molecule has 0 aromatic carbocycles. The molecule has 2 heterocycles. The van der Waals surface area contributed by atoms with Gasteiger partial charge >= 0.3 is 0 Å². The predicted octanol–water partition coefficient (Wildman–Crippen LogP) is 1.24. The Morgan fingerprint density at radius 2 is 2.50 bits per heavy atom. The summed E-state index contributed by atoms with van der Waals surface area (Å²) in [5.74, 6) is 0.987. The van der Waals surface area contributed by atoms with Gasteiger partial charge in [0.05, 0.1) is 25.7 Å². The van der Waals surface area contributed by atoms with Crippen LogP contribution in [0.1, 0.15) is 11.3 Å². The Bertz CT molecular complexity index is 378. The van der Waals surface area contributed by atoms with Crippen molar-refractivity contribution in [2.45, 2.75) is 13.1 Å². The summed E-state index contributed by atoms with van der Waals surface area (Å²) in [6, 6.07) is 1.99. The Morgan fingerprint density at radius 1 is 1.57 bits per heavy atom. The number of furan rings is 1. The molecule has 0 bridgehead atoms. The molecule has 0 aliphatic heterocycles. The monoisotopic (exact) mass is 191 g/mol. The van der Waals surface area contributed by atoms with Crippen molar-refractivity contribution in [1.82, 2.24) is 14.9 Å². The van der Waals surface area contributed by atoms with Crippen LogP contribution >= 0.6 is 0 Å². The maximum absolute atomic E-state index is 5.36. The van der Waals surface area contributed by atoms with Crippen LogP contribution in [0.25, 0.3) is 0 Å². The Morgan fingerprint density at radius 3 is 3.21 bits per heavy atom. The minimum Gasteiger partial charge on any atom is -0.468 e. The van der Waals surface area contributed by atoms with Crippen molar-refractivity contribution in [1.29, 1.82) is 0 Å². The van der Waals surface area contributed by atoms with E-state index in [1.807, 2.05) is 23.9 Å². The van der Waals surface area contributed by atoms with Crippen LogP contribution in [0.2, 0.25) is 0 Å². The first-order valence-corrected chi connectivity index (χ1v) is 4.55. The van der Waals surface area contributed by atoms with E-state index in [0.29, 0.717) is 0 Å². The number of nitrogens with one attached hydrogen (secondary N) is 1. The lowest BCUT2D eigenvalue weighted by atomic mass is 10.2. The molecule has 2 aromatic heterocycles. The Hall–Kier alpha value is -1.55. The van der Waals surface area contributed by atoms with Gasteiger partial charge in [0, 0.05) is 18.0 Å². The van der Waals surface area contributed by atoms with Gasteiger partial charge in [-0.25, -0.2) is 4.98 Å². The SMILES string of the molecule is CNCc1occc1Cn1ccnc1. The van der Waals surface area contributed by atoms with Gasteiger partial charge in [0.15, 0.2) is 0 Å². The zero-order valence-corrected chi connectivity index (χ0v) is 8.10. The summed E-state index contributed by atoms with van der Waals surface area (Å²) in [6.07, 6.45) is 7.24. The second-order valence-electron chi connectivity index (χ2n) is 3.13. The molecule has 0 aliphatic carbocycles. The maximum Gasteiger partial charge on any atom is 0.122 e. The van der Waals surface area contributed by atoms with Gasteiger partial charge in [0.2, 0.25) is 0 Å². The molecule has 74 valence electrons. The van der Waals surface area contributed by atoms with Crippen molar-refractivity contribution in [3.05, 3.63) is 42.4 Å². The first-order chi connectivity index (χ1) is 6.90. The third-order valence-corrected chi connectivity index (χ3v) is 2.09. The van der Waals surface area contributed by atoms with Crippen molar-refractivity contribution in [3.8, 4) is 0 Å². The molecule has 14 heavy (non-hydrogen) atoms. The fourth-order valence-corrected chi connectivity index (χ4v) is 1.40. The zero-order valence-electron chi connectivity index (χ0n) is 8.10. The molecule has 0 radical (unpaired) electrons. The van der Waals surface area contributed by atoms with Crippen LogP contribution in [0.5, 0.6) is 0 Å². The Balaban J connectivity index is 2.12. The van der Waals surface area contributed by atoms with Gasteiger partial charge in [-0.15, -0.1) is 0 Å². The van der Waals surface area contributed by atoms with Crippen LogP contribution < -0.4 is 5.32 Å². The minimum atomic E-state index is 0.761. The van der Waals surface area contributed by atoms with Crippen LogP contribution in [0.3, 0.4) is 0 Å². The van der Waals surface area contributed by atoms with E-state index in [4.69, 9.17) is 4.42 Å². The largest absolute Gasteiger partial charge is 0.468 e. The predicted molar refractivity (Wildman–Crippen MR) is 52.8 cm³/mol. The molecule has 0 saturated carbocycles. The minimum absolute atomic E-state index is 0.761. The summed E-state index contributed by atoms with van der Waals surface area (Å²) < 4.78 is 7.38. The van der Waals surface area contributed by atoms with Crippen molar-refractivity contribution < 1.29 is 4.42 Å². The quantitative estimate of drug-likeness (QED) is 0.790. The third-order valence-electron chi connectivity index (χ3n) is 2.09. The van der Waals surface area contributed by atoms with Crippen LogP contribution in [-0.4, -0.2) is 16.6 Å². The van der Waals surface area contributed by atoms with E-state index in [-0.39, 0.29) is 0 Å². The molecule has 0 atom stereocenters. The standard InChI is InChI=1S/C10H13N3O/c1-11-6-10-9(2-5-14-10)7-13-4-3-12-8-13/h2-5,8,11H,6-7H2,1H3. The van der Waals surface area contributed by atoms with Crippen LogP contribution in [0, 0.1) is 0 Å². The van der Waals surface area contributed by atoms with Gasteiger partial charge in [0.1, 0.15) is 5.76 Å². The summed E-state index contributed by atoms with van der Waals surface area (Å²) in [4.78, 5) is 4.00. The molecule has 0 saturated heterocycles. The third kappa shape index (κ3) is 1.85. The number of imidazole rings is 1.